The van der Waals surface area contributed by atoms with Gasteiger partial charge in [-0.3, -0.25) is 0 Å². The van der Waals surface area contributed by atoms with E-state index >= 15 is 0 Å². The second kappa shape index (κ2) is 4.64. The van der Waals surface area contributed by atoms with E-state index in [2.05, 4.69) is 26.9 Å². The fourth-order valence-corrected chi connectivity index (χ4v) is 1.90. The summed E-state index contributed by atoms with van der Waals surface area (Å²) in [4.78, 5) is 2.11. The highest BCUT2D eigenvalue weighted by atomic mass is 79.9. The average Bonchev–Trinajstić information content (AvgIpc) is 2.05. The first-order valence-corrected chi connectivity index (χ1v) is 5.76. The van der Waals surface area contributed by atoms with Gasteiger partial charge in [-0.2, -0.15) is 0 Å². The van der Waals surface area contributed by atoms with Crippen LogP contribution in [0.4, 0.5) is 0 Å². The van der Waals surface area contributed by atoms with Crippen molar-refractivity contribution in [2.75, 3.05) is 14.1 Å². The number of benzene rings is 1. The first-order chi connectivity index (χ1) is 6.80. The van der Waals surface area contributed by atoms with E-state index in [1.807, 2.05) is 26.2 Å². The summed E-state index contributed by atoms with van der Waals surface area (Å²) in [6, 6.07) is 6.01. The third-order valence-corrected chi connectivity index (χ3v) is 2.98. The van der Waals surface area contributed by atoms with Gasteiger partial charge in [0.05, 0.1) is 5.60 Å². The molecule has 0 heterocycles. The van der Waals surface area contributed by atoms with Gasteiger partial charge in [0.1, 0.15) is 0 Å². The largest absolute Gasteiger partial charge is 0.386 e. The van der Waals surface area contributed by atoms with Crippen LogP contribution in [0.25, 0.3) is 0 Å². The molecule has 0 unspecified atom stereocenters. The molecule has 3 heteroatoms. The molecule has 84 valence electrons. The molecule has 1 aromatic rings. The normalized spacial score (nSPS) is 12.2. The molecule has 0 aliphatic carbocycles. The summed E-state index contributed by atoms with van der Waals surface area (Å²) in [5.41, 5.74) is 1.38. The van der Waals surface area contributed by atoms with Crippen molar-refractivity contribution in [3.63, 3.8) is 0 Å². The Balaban J connectivity index is 2.98. The van der Waals surface area contributed by atoms with E-state index < -0.39 is 5.60 Å². The van der Waals surface area contributed by atoms with Gasteiger partial charge in [0.25, 0.3) is 0 Å². The molecule has 15 heavy (non-hydrogen) atoms. The Bertz CT molecular complexity index is 342. The molecule has 0 radical (unpaired) electrons. The Kier molecular flexibility index (Phi) is 3.93. The Morgan fingerprint density at radius 2 is 1.93 bits per heavy atom. The summed E-state index contributed by atoms with van der Waals surface area (Å²) < 4.78 is 1.05. The lowest BCUT2D eigenvalue weighted by atomic mass is 9.97. The highest BCUT2D eigenvalue weighted by molar-refractivity contribution is 9.10. The molecule has 0 aromatic heterocycles. The number of hydrogen-bond donors (Lipinski definition) is 1. The molecule has 0 atom stereocenters. The predicted octanol–water partition coefficient (Wildman–Crippen LogP) is 2.74. The molecule has 1 N–H and O–H groups in total. The molecule has 1 aromatic carbocycles. The maximum Gasteiger partial charge on any atom is 0.0840 e. The molecule has 0 bridgehead atoms. The summed E-state index contributed by atoms with van der Waals surface area (Å²) in [5, 5.41) is 9.85. The summed E-state index contributed by atoms with van der Waals surface area (Å²) in [5.74, 6) is 0. The van der Waals surface area contributed by atoms with E-state index in [4.69, 9.17) is 0 Å². The summed E-state index contributed by atoms with van der Waals surface area (Å²) in [6.45, 7) is 4.48. The molecule has 0 amide bonds. The third kappa shape index (κ3) is 3.59. The van der Waals surface area contributed by atoms with Gasteiger partial charge in [-0.1, -0.05) is 28.1 Å². The zero-order valence-electron chi connectivity index (χ0n) is 9.71. The van der Waals surface area contributed by atoms with Crippen LogP contribution in [0.2, 0.25) is 0 Å². The van der Waals surface area contributed by atoms with Gasteiger partial charge in [-0.05, 0) is 45.1 Å². The van der Waals surface area contributed by atoms with Gasteiger partial charge in [0.15, 0.2) is 0 Å². The van der Waals surface area contributed by atoms with Crippen molar-refractivity contribution in [3.8, 4) is 0 Å². The second-order valence-corrected chi connectivity index (χ2v) is 5.46. The predicted molar refractivity (Wildman–Crippen MR) is 66.8 cm³/mol. The monoisotopic (exact) mass is 271 g/mol. The molecular formula is C12H18BrNO. The molecule has 1 rings (SSSR count). The smallest absolute Gasteiger partial charge is 0.0840 e. The molecular weight excluding hydrogens is 254 g/mol. The van der Waals surface area contributed by atoms with Crippen molar-refractivity contribution >= 4 is 15.9 Å². The van der Waals surface area contributed by atoms with E-state index in [9.17, 15) is 5.11 Å². The third-order valence-electron chi connectivity index (χ3n) is 2.25. The Hall–Kier alpha value is -0.380. The lowest BCUT2D eigenvalue weighted by Gasteiger charge is -2.19. The minimum atomic E-state index is -0.779. The summed E-state index contributed by atoms with van der Waals surface area (Å²) in [7, 11) is 4.08. The number of nitrogens with zero attached hydrogens (tertiary/aromatic N) is 1. The zero-order valence-corrected chi connectivity index (χ0v) is 11.3. The van der Waals surface area contributed by atoms with Crippen LogP contribution in [0.3, 0.4) is 0 Å². The number of rotatable bonds is 3. The molecule has 0 aliphatic heterocycles. The first-order valence-electron chi connectivity index (χ1n) is 4.96. The van der Waals surface area contributed by atoms with Crippen molar-refractivity contribution < 1.29 is 5.11 Å². The molecule has 0 saturated heterocycles. The fraction of sp³-hybridized carbons (Fsp3) is 0.500. The SMILES string of the molecule is CN(C)Cc1ccc(C(C)(C)O)cc1Br. The summed E-state index contributed by atoms with van der Waals surface area (Å²) >= 11 is 3.53. The minimum absolute atomic E-state index is 0.779. The highest BCUT2D eigenvalue weighted by Gasteiger charge is 2.16. The van der Waals surface area contributed by atoms with Crippen LogP contribution in [0.5, 0.6) is 0 Å². The topological polar surface area (TPSA) is 23.5 Å². The quantitative estimate of drug-likeness (QED) is 0.914. The minimum Gasteiger partial charge on any atom is -0.386 e. The van der Waals surface area contributed by atoms with E-state index in [0.29, 0.717) is 0 Å². The van der Waals surface area contributed by atoms with Crippen LogP contribution in [0.15, 0.2) is 22.7 Å². The Morgan fingerprint density at radius 3 is 2.33 bits per heavy atom. The maximum atomic E-state index is 9.85. The fourth-order valence-electron chi connectivity index (χ4n) is 1.40. The van der Waals surface area contributed by atoms with Crippen molar-refractivity contribution in [2.24, 2.45) is 0 Å². The van der Waals surface area contributed by atoms with Crippen LogP contribution in [0.1, 0.15) is 25.0 Å². The van der Waals surface area contributed by atoms with Gasteiger partial charge in [-0.25, -0.2) is 0 Å². The number of aliphatic hydroxyl groups is 1. The standard InChI is InChI=1S/C12H18BrNO/c1-12(2,15)10-6-5-9(8-14(3)4)11(13)7-10/h5-7,15H,8H2,1-4H3. The van der Waals surface area contributed by atoms with Gasteiger partial charge in [0, 0.05) is 11.0 Å². The van der Waals surface area contributed by atoms with Crippen molar-refractivity contribution in [3.05, 3.63) is 33.8 Å². The summed E-state index contributed by atoms with van der Waals surface area (Å²) in [6.07, 6.45) is 0. The Labute approximate surface area is 100 Å². The Morgan fingerprint density at radius 1 is 1.33 bits per heavy atom. The van der Waals surface area contributed by atoms with E-state index in [1.165, 1.54) is 5.56 Å². The van der Waals surface area contributed by atoms with Gasteiger partial charge < -0.3 is 10.0 Å². The average molecular weight is 272 g/mol. The van der Waals surface area contributed by atoms with Crippen LogP contribution in [0, 0.1) is 0 Å². The molecule has 2 nitrogen and oxygen atoms in total. The molecule has 0 saturated carbocycles. The highest BCUT2D eigenvalue weighted by Crippen LogP contribution is 2.26. The number of halogens is 1. The zero-order chi connectivity index (χ0) is 11.6. The maximum absolute atomic E-state index is 9.85. The van der Waals surface area contributed by atoms with Crippen molar-refractivity contribution in [2.45, 2.75) is 26.0 Å². The van der Waals surface area contributed by atoms with Crippen LogP contribution >= 0.6 is 15.9 Å². The van der Waals surface area contributed by atoms with E-state index in [-0.39, 0.29) is 0 Å². The van der Waals surface area contributed by atoms with Gasteiger partial charge in [-0.15, -0.1) is 0 Å². The lowest BCUT2D eigenvalue weighted by molar-refractivity contribution is 0.0785. The van der Waals surface area contributed by atoms with Crippen molar-refractivity contribution in [1.29, 1.82) is 0 Å². The van der Waals surface area contributed by atoms with Gasteiger partial charge >= 0.3 is 0 Å². The van der Waals surface area contributed by atoms with Crippen LogP contribution in [-0.2, 0) is 12.1 Å². The van der Waals surface area contributed by atoms with Crippen LogP contribution in [-0.4, -0.2) is 24.1 Å². The molecule has 0 aliphatic rings. The number of hydrogen-bond acceptors (Lipinski definition) is 2. The van der Waals surface area contributed by atoms with E-state index in [1.54, 1.807) is 13.8 Å². The molecule has 0 fully saturated rings. The first kappa shape index (κ1) is 12.7. The van der Waals surface area contributed by atoms with E-state index in [0.717, 1.165) is 16.6 Å². The second-order valence-electron chi connectivity index (χ2n) is 4.60. The van der Waals surface area contributed by atoms with Crippen LogP contribution < -0.4 is 0 Å². The van der Waals surface area contributed by atoms with Gasteiger partial charge in [0.2, 0.25) is 0 Å². The van der Waals surface area contributed by atoms with Crippen molar-refractivity contribution in [1.82, 2.24) is 4.90 Å². The lowest BCUT2D eigenvalue weighted by Crippen LogP contribution is -2.16. The molecule has 0 spiro atoms.